The lowest BCUT2D eigenvalue weighted by Crippen LogP contribution is -2.48. The van der Waals surface area contributed by atoms with Crippen molar-refractivity contribution < 1.29 is 13.9 Å². The van der Waals surface area contributed by atoms with Gasteiger partial charge in [-0.2, -0.15) is 0 Å². The van der Waals surface area contributed by atoms with Crippen molar-refractivity contribution in [1.82, 2.24) is 5.32 Å². The molecule has 3 nitrogen and oxygen atoms in total. The Morgan fingerprint density at radius 1 is 1.04 bits per heavy atom. The highest BCUT2D eigenvalue weighted by Gasteiger charge is 2.41. The van der Waals surface area contributed by atoms with Gasteiger partial charge in [0.25, 0.3) is 0 Å². The van der Waals surface area contributed by atoms with Gasteiger partial charge in [0.2, 0.25) is 5.91 Å². The van der Waals surface area contributed by atoms with Crippen molar-refractivity contribution in [3.8, 4) is 0 Å². The van der Waals surface area contributed by atoms with Crippen molar-refractivity contribution in [2.75, 3.05) is 19.8 Å². The molecule has 0 radical (unpaired) electrons. The molecular formula is C20H22FNO2. The minimum absolute atomic E-state index is 0.0547. The molecule has 0 unspecified atom stereocenters. The van der Waals surface area contributed by atoms with E-state index in [0.29, 0.717) is 39.0 Å². The van der Waals surface area contributed by atoms with E-state index < -0.39 is 5.41 Å². The topological polar surface area (TPSA) is 38.3 Å². The summed E-state index contributed by atoms with van der Waals surface area (Å²) < 4.78 is 18.4. The van der Waals surface area contributed by atoms with Crippen LogP contribution >= 0.6 is 0 Å². The quantitative estimate of drug-likeness (QED) is 0.915. The first-order valence-corrected chi connectivity index (χ1v) is 8.37. The number of amides is 1. The van der Waals surface area contributed by atoms with E-state index in [2.05, 4.69) is 5.32 Å². The van der Waals surface area contributed by atoms with Crippen LogP contribution in [0.2, 0.25) is 0 Å². The van der Waals surface area contributed by atoms with Crippen LogP contribution in [0.25, 0.3) is 0 Å². The second-order valence-electron chi connectivity index (χ2n) is 6.19. The molecule has 2 aromatic rings. The highest BCUT2D eigenvalue weighted by atomic mass is 19.1. The molecule has 126 valence electrons. The van der Waals surface area contributed by atoms with Gasteiger partial charge in [-0.1, -0.05) is 42.5 Å². The molecule has 1 N–H and O–H groups in total. The van der Waals surface area contributed by atoms with E-state index in [1.54, 1.807) is 12.1 Å². The maximum Gasteiger partial charge on any atom is 0.230 e. The molecule has 0 bridgehead atoms. The summed E-state index contributed by atoms with van der Waals surface area (Å²) in [6.07, 6.45) is 2.08. The van der Waals surface area contributed by atoms with E-state index in [-0.39, 0.29) is 11.7 Å². The van der Waals surface area contributed by atoms with Gasteiger partial charge < -0.3 is 10.1 Å². The molecule has 0 saturated carbocycles. The highest BCUT2D eigenvalue weighted by Crippen LogP contribution is 2.35. The third-order valence-electron chi connectivity index (χ3n) is 4.72. The molecule has 0 aliphatic carbocycles. The normalized spacial score (nSPS) is 16.5. The largest absolute Gasteiger partial charge is 0.381 e. The van der Waals surface area contributed by atoms with E-state index in [4.69, 9.17) is 4.74 Å². The Bertz CT molecular complexity index is 664. The number of ether oxygens (including phenoxy) is 1. The van der Waals surface area contributed by atoms with Crippen LogP contribution in [-0.4, -0.2) is 25.7 Å². The summed E-state index contributed by atoms with van der Waals surface area (Å²) >= 11 is 0. The Labute approximate surface area is 141 Å². The minimum Gasteiger partial charge on any atom is -0.381 e. The Hall–Kier alpha value is -2.20. The zero-order valence-electron chi connectivity index (χ0n) is 13.6. The fourth-order valence-corrected chi connectivity index (χ4v) is 3.26. The van der Waals surface area contributed by atoms with Crippen LogP contribution in [0.3, 0.4) is 0 Å². The fourth-order valence-electron chi connectivity index (χ4n) is 3.26. The number of rotatable bonds is 5. The summed E-state index contributed by atoms with van der Waals surface area (Å²) in [5.41, 5.74) is 1.55. The van der Waals surface area contributed by atoms with E-state index in [0.717, 1.165) is 11.1 Å². The molecule has 1 heterocycles. The molecule has 1 amide bonds. The average molecular weight is 327 g/mol. The zero-order chi connectivity index (χ0) is 16.8. The van der Waals surface area contributed by atoms with Crippen molar-refractivity contribution in [3.63, 3.8) is 0 Å². The van der Waals surface area contributed by atoms with Crippen molar-refractivity contribution in [2.45, 2.75) is 24.7 Å². The molecular weight excluding hydrogens is 305 g/mol. The zero-order valence-corrected chi connectivity index (χ0v) is 13.6. The van der Waals surface area contributed by atoms with E-state index in [1.807, 2.05) is 30.3 Å². The van der Waals surface area contributed by atoms with Gasteiger partial charge in [0, 0.05) is 19.8 Å². The first-order valence-electron chi connectivity index (χ1n) is 8.37. The average Bonchev–Trinajstić information content (AvgIpc) is 2.64. The smallest absolute Gasteiger partial charge is 0.230 e. The summed E-state index contributed by atoms with van der Waals surface area (Å²) in [6.45, 7) is 1.74. The number of carbonyl (C=O) groups is 1. The summed E-state index contributed by atoms with van der Waals surface area (Å²) in [4.78, 5) is 12.9. The van der Waals surface area contributed by atoms with Crippen molar-refractivity contribution in [3.05, 3.63) is 71.5 Å². The molecule has 1 aliphatic rings. The third kappa shape index (κ3) is 3.65. The lowest BCUT2D eigenvalue weighted by atomic mass is 9.73. The van der Waals surface area contributed by atoms with E-state index in [1.165, 1.54) is 12.1 Å². The number of hydrogen-bond donors (Lipinski definition) is 1. The SMILES string of the molecule is O=C(NCCc1ccc(F)cc1)C1(c2ccccc2)CCOCC1. The highest BCUT2D eigenvalue weighted by molar-refractivity contribution is 5.88. The summed E-state index contributed by atoms with van der Waals surface area (Å²) in [6, 6.07) is 16.3. The van der Waals surface area contributed by atoms with Gasteiger partial charge in [0.05, 0.1) is 5.41 Å². The Balaban J connectivity index is 1.67. The standard InChI is InChI=1S/C20H22FNO2/c21-18-8-6-16(7-9-18)10-13-22-19(23)20(11-14-24-15-12-20)17-4-2-1-3-5-17/h1-9H,10-15H2,(H,22,23). The Morgan fingerprint density at radius 3 is 2.38 bits per heavy atom. The second kappa shape index (κ2) is 7.58. The monoisotopic (exact) mass is 327 g/mol. The summed E-state index contributed by atoms with van der Waals surface area (Å²) in [5.74, 6) is -0.188. The molecule has 3 rings (SSSR count). The van der Waals surface area contributed by atoms with Crippen molar-refractivity contribution in [2.24, 2.45) is 0 Å². The van der Waals surface area contributed by atoms with Crippen LogP contribution in [0.15, 0.2) is 54.6 Å². The maximum absolute atomic E-state index is 12.9. The minimum atomic E-state index is -0.512. The number of benzene rings is 2. The Morgan fingerprint density at radius 2 is 1.71 bits per heavy atom. The first-order chi connectivity index (χ1) is 11.7. The van der Waals surface area contributed by atoms with Gasteiger partial charge in [0.15, 0.2) is 0 Å². The van der Waals surface area contributed by atoms with Gasteiger partial charge >= 0.3 is 0 Å². The van der Waals surface area contributed by atoms with Gasteiger partial charge in [-0.15, -0.1) is 0 Å². The predicted molar refractivity (Wildman–Crippen MR) is 91.3 cm³/mol. The van der Waals surface area contributed by atoms with Crippen LogP contribution < -0.4 is 5.32 Å². The maximum atomic E-state index is 12.9. The van der Waals surface area contributed by atoms with Crippen molar-refractivity contribution in [1.29, 1.82) is 0 Å². The van der Waals surface area contributed by atoms with Crippen molar-refractivity contribution >= 4 is 5.91 Å². The number of nitrogens with one attached hydrogen (secondary N) is 1. The van der Waals surface area contributed by atoms with E-state index >= 15 is 0 Å². The summed E-state index contributed by atoms with van der Waals surface area (Å²) in [7, 11) is 0. The molecule has 4 heteroatoms. The fraction of sp³-hybridized carbons (Fsp3) is 0.350. The predicted octanol–water partition coefficient (Wildman–Crippen LogP) is 3.23. The molecule has 0 aromatic heterocycles. The van der Waals surface area contributed by atoms with Gasteiger partial charge in [-0.05, 0) is 42.5 Å². The number of carbonyl (C=O) groups excluding carboxylic acids is 1. The first kappa shape index (κ1) is 16.7. The number of halogens is 1. The molecule has 24 heavy (non-hydrogen) atoms. The Kier molecular flexibility index (Phi) is 5.26. The van der Waals surface area contributed by atoms with Crippen LogP contribution in [-0.2, 0) is 21.4 Å². The van der Waals surface area contributed by atoms with E-state index in [9.17, 15) is 9.18 Å². The lowest BCUT2D eigenvalue weighted by Gasteiger charge is -2.36. The molecule has 0 spiro atoms. The molecule has 0 atom stereocenters. The molecule has 2 aromatic carbocycles. The second-order valence-corrected chi connectivity index (χ2v) is 6.19. The van der Waals surface area contributed by atoms with Gasteiger partial charge in [-0.3, -0.25) is 4.79 Å². The molecule has 1 aliphatic heterocycles. The van der Waals surface area contributed by atoms with Crippen LogP contribution in [0, 0.1) is 5.82 Å². The summed E-state index contributed by atoms with van der Waals surface area (Å²) in [5, 5.41) is 3.07. The van der Waals surface area contributed by atoms with Gasteiger partial charge in [-0.25, -0.2) is 4.39 Å². The van der Waals surface area contributed by atoms with Crippen LogP contribution in [0.4, 0.5) is 4.39 Å². The van der Waals surface area contributed by atoms with Crippen LogP contribution in [0.5, 0.6) is 0 Å². The lowest BCUT2D eigenvalue weighted by molar-refractivity contribution is -0.130. The van der Waals surface area contributed by atoms with Gasteiger partial charge in [0.1, 0.15) is 5.82 Å². The number of hydrogen-bond acceptors (Lipinski definition) is 2. The molecule has 1 saturated heterocycles. The third-order valence-corrected chi connectivity index (χ3v) is 4.72. The molecule has 1 fully saturated rings. The van der Waals surface area contributed by atoms with Crippen LogP contribution in [0.1, 0.15) is 24.0 Å².